The maximum Gasteiger partial charge on any atom is 0.472 e. The van der Waals surface area contributed by atoms with E-state index in [0.29, 0.717) is 56.4 Å². The van der Waals surface area contributed by atoms with E-state index in [1.54, 1.807) is 11.5 Å². The number of aryl methyl sites for hydroxylation is 2. The number of primary amides is 6. The number of allylic oxidation sites excluding steroid dienone is 6. The summed E-state index contributed by atoms with van der Waals surface area (Å²) in [6.45, 7) is 19.1. The molecule has 7 amide bonds. The molecule has 2 aromatic rings. The predicted octanol–water partition coefficient (Wildman–Crippen LogP) is 3.94. The maximum atomic E-state index is 14.4. The van der Waals surface area contributed by atoms with Gasteiger partial charge in [0, 0.05) is 125 Å². The summed E-state index contributed by atoms with van der Waals surface area (Å²) in [5.41, 5.74) is 36.8. The number of ether oxygens (including phenoxy) is 1. The first-order chi connectivity index (χ1) is 41.8. The first kappa shape index (κ1) is 71.9. The van der Waals surface area contributed by atoms with Crippen LogP contribution in [-0.4, -0.2) is 132 Å². The van der Waals surface area contributed by atoms with Crippen molar-refractivity contribution in [2.24, 2.45) is 94.7 Å². The minimum absolute atomic E-state index is 0. The Morgan fingerprint density at radius 2 is 1.37 bits per heavy atom. The quantitative estimate of drug-likeness (QED) is 0.0596. The number of amides is 7. The van der Waals surface area contributed by atoms with Crippen LogP contribution in [0.5, 0.6) is 0 Å². The number of fused-ring (bicyclic) bond motifs is 7. The number of imidazole rings is 1. The average Bonchev–Trinajstić information content (AvgIpc) is 1.53. The van der Waals surface area contributed by atoms with Crippen LogP contribution < -0.4 is 39.7 Å². The second-order valence-corrected chi connectivity index (χ2v) is 28.4. The Hall–Kier alpha value is -6.49. The fourth-order valence-corrected chi connectivity index (χ4v) is 16.5. The number of aliphatic hydroxyl groups is 2. The number of benzene rings is 1. The van der Waals surface area contributed by atoms with Crippen LogP contribution in [0.4, 0.5) is 0 Å². The van der Waals surface area contributed by atoms with Crippen LogP contribution in [0.15, 0.2) is 67.8 Å². The summed E-state index contributed by atoms with van der Waals surface area (Å²) in [5, 5.41) is 30.2. The van der Waals surface area contributed by atoms with Crippen molar-refractivity contribution in [3.63, 3.8) is 0 Å². The Morgan fingerprint density at radius 3 is 1.96 bits per heavy atom. The number of aromatic nitrogens is 2. The van der Waals surface area contributed by atoms with Crippen LogP contribution >= 0.6 is 7.82 Å². The molecule has 7 heterocycles. The Balaban J connectivity index is 0.0000118. The molecule has 1 aromatic heterocycles. The number of phosphoric acid groups is 1. The third kappa shape index (κ3) is 13.8. The molecule has 91 heavy (non-hydrogen) atoms. The molecular weight excluding hydrogens is 1240 g/mol. The van der Waals surface area contributed by atoms with Gasteiger partial charge in [0.15, 0.2) is 6.23 Å². The minimum atomic E-state index is -5.07. The van der Waals surface area contributed by atoms with Crippen LogP contribution in [0, 0.1) is 59.2 Å². The van der Waals surface area contributed by atoms with Crippen molar-refractivity contribution in [2.45, 2.75) is 189 Å². The van der Waals surface area contributed by atoms with E-state index < -0.39 is 143 Å². The van der Waals surface area contributed by atoms with Crippen molar-refractivity contribution >= 4 is 77.3 Å². The van der Waals surface area contributed by atoms with E-state index >= 15 is 0 Å². The number of nitrogens with two attached hydrogens (primary N) is 6. The van der Waals surface area contributed by atoms with Gasteiger partial charge in [0.2, 0.25) is 41.4 Å². The molecule has 1 radical (unpaired) electrons. The Bertz CT molecular complexity index is 3540. The van der Waals surface area contributed by atoms with Gasteiger partial charge < -0.3 is 69.4 Å². The fraction of sp³-hybridized carbons (Fsp3) is 0.629. The van der Waals surface area contributed by atoms with Crippen LogP contribution in [-0.2, 0) is 68.7 Å². The van der Waals surface area contributed by atoms with E-state index in [4.69, 9.17) is 68.5 Å². The summed E-state index contributed by atoms with van der Waals surface area (Å²) < 4.78 is 32.3. The number of aliphatic hydroxyl groups excluding tert-OH is 2. The zero-order valence-electron chi connectivity index (χ0n) is 53.5. The average molecular weight is 1330 g/mol. The predicted molar refractivity (Wildman–Crippen MR) is 334 cm³/mol. The number of nitrogens with zero attached hydrogens (tertiary/aromatic N) is 6. The van der Waals surface area contributed by atoms with E-state index in [0.717, 1.165) is 11.1 Å². The van der Waals surface area contributed by atoms with Crippen molar-refractivity contribution in [3.05, 3.63) is 69.2 Å². The molecule has 0 aliphatic carbocycles. The number of hydrogen-bond donors (Lipinski definition) is 10. The van der Waals surface area contributed by atoms with Crippen LogP contribution in [0.1, 0.15) is 150 Å². The van der Waals surface area contributed by atoms with Crippen molar-refractivity contribution in [1.82, 2.24) is 14.9 Å². The molecule has 15 atom stereocenters. The monoisotopic (exact) mass is 1330 g/mol. The van der Waals surface area contributed by atoms with Gasteiger partial charge in [0.1, 0.15) is 18.3 Å². The van der Waals surface area contributed by atoms with Gasteiger partial charge in [-0.15, -0.1) is 0 Å². The molecule has 2 saturated heterocycles. The van der Waals surface area contributed by atoms with Crippen molar-refractivity contribution in [2.75, 3.05) is 13.2 Å². The summed E-state index contributed by atoms with van der Waals surface area (Å²) in [6, 6.07) is 2.68. The van der Waals surface area contributed by atoms with Crippen molar-refractivity contribution < 1.29 is 83.8 Å². The molecule has 0 spiro atoms. The summed E-state index contributed by atoms with van der Waals surface area (Å²) in [4.78, 5) is 125. The number of carbonyl (C=O) groups is 7. The summed E-state index contributed by atoms with van der Waals surface area (Å²) in [7, 11) is -5.07. The van der Waals surface area contributed by atoms with Gasteiger partial charge in [-0.3, -0.25) is 57.6 Å². The van der Waals surface area contributed by atoms with E-state index in [1.807, 2.05) is 80.5 Å². The number of aliphatic imine (C=N–C) groups is 3. The zero-order valence-corrected chi connectivity index (χ0v) is 55.5. The third-order valence-electron chi connectivity index (χ3n) is 20.5. The standard InChI is InChI=1S/C62H90N13O14P.Co/c1-29-20-39-40(21-30(29)2)75(28-70-39)57-52(84)53(41(27-76)87-57)89-90(85,86)88-31(3)26-69-49(83)18-19-59(8)37(22-46(66)80)56-62(11)61(10,25-48(68)82)36(14-17-45(65)79)51(74-62)33(5)55-60(9,24-47(67)81)34(12-15-43(63)77)38(71-55)23-42-58(6,7)35(13-16-44(64)78)50(72-42)32(4)54(59)73-56;/h20-21,23,28,31,34-37,41,52-53,56-57,76,84H,12-19,22,24-27H2,1-11H3,(H15,63,64,65,66,67,68,69,71,72,73,74,77,78,79,80,81,82,83,85,86);/p-1/t31-,34-,35-,36-,37+,41-,52-,53-,56?,57+,59-,60+,61+,62+;/m1./s1. The van der Waals surface area contributed by atoms with E-state index in [2.05, 4.69) is 10.3 Å². The molecule has 8 rings (SSSR count). The Morgan fingerprint density at radius 1 is 0.780 bits per heavy atom. The first-order valence-electron chi connectivity index (χ1n) is 30.5. The smallest absolute Gasteiger partial charge is 0.472 e. The number of carbonyl (C=O) groups excluding carboxylic acids is 7. The molecule has 27 nitrogen and oxygen atoms in total. The van der Waals surface area contributed by atoms with Gasteiger partial charge in [-0.05, 0) is 119 Å². The SMILES string of the molecule is C/C1=C2/[N-]C([C@H](CC(N)=O)[C@@]2(C)CCC(=O)NC[C@@H](C)OP(=O)(O)O[C@H]2[C@@H](O)[C@@H](n3cnc4cc(C)c(C)cc43)O[C@@H]2CO)[C@]2(C)N=C(/C(C)=C3N=C(/C=C4N=C1[C@@H](CCC(N)=O)C\4(C)C)[C@@H](CCC(N)=O)[C@]\3(C)CC(N)=O)[C@@H](CCC(N)=O)[C@]2(C)CC(N)=O.[Co]. The fourth-order valence-electron chi connectivity index (χ4n) is 15.3. The molecule has 6 aliphatic heterocycles. The summed E-state index contributed by atoms with van der Waals surface area (Å²) >= 11 is 0. The molecule has 16 N–H and O–H groups in total. The molecule has 2 unspecified atom stereocenters. The van der Waals surface area contributed by atoms with Gasteiger partial charge in [0.05, 0.1) is 41.3 Å². The van der Waals surface area contributed by atoms with Gasteiger partial charge in [-0.1, -0.05) is 40.7 Å². The topological polar surface area (TPSA) is 462 Å². The van der Waals surface area contributed by atoms with E-state index in [1.165, 1.54) is 13.3 Å². The van der Waals surface area contributed by atoms with Gasteiger partial charge in [0.25, 0.3) is 0 Å². The first-order valence-corrected chi connectivity index (χ1v) is 32.0. The van der Waals surface area contributed by atoms with Crippen LogP contribution in [0.2, 0.25) is 0 Å². The Kier molecular flexibility index (Phi) is 21.2. The van der Waals surface area contributed by atoms with E-state index in [-0.39, 0.29) is 94.0 Å². The van der Waals surface area contributed by atoms with Gasteiger partial charge in [-0.25, -0.2) is 9.55 Å². The molecule has 1 aromatic carbocycles. The van der Waals surface area contributed by atoms with Crippen LogP contribution in [0.3, 0.4) is 0 Å². The number of phosphoric ester groups is 1. The van der Waals surface area contributed by atoms with Crippen molar-refractivity contribution in [3.8, 4) is 0 Å². The maximum absolute atomic E-state index is 14.4. The van der Waals surface area contributed by atoms with Gasteiger partial charge >= 0.3 is 7.82 Å². The largest absolute Gasteiger partial charge is 0.682 e. The molecule has 2 fully saturated rings. The van der Waals surface area contributed by atoms with Crippen LogP contribution in [0.25, 0.3) is 16.4 Å². The minimum Gasteiger partial charge on any atom is -0.682 e. The molecule has 501 valence electrons. The molecule has 29 heteroatoms. The molecule has 6 aliphatic rings. The second-order valence-electron chi connectivity index (χ2n) is 27.0. The molecule has 0 saturated carbocycles. The molecular formula is C62H89CoN13O14P-. The number of rotatable bonds is 26. The zero-order chi connectivity index (χ0) is 66.7. The third-order valence-corrected chi connectivity index (χ3v) is 21.6. The van der Waals surface area contributed by atoms with Gasteiger partial charge in [-0.2, -0.15) is 5.70 Å². The van der Waals surface area contributed by atoms with Crippen molar-refractivity contribution in [1.29, 1.82) is 0 Å². The number of nitrogens with one attached hydrogen (secondary N) is 1. The summed E-state index contributed by atoms with van der Waals surface area (Å²) in [5.74, 6) is -7.34. The second kappa shape index (κ2) is 26.8. The number of hydrogen-bond acceptors (Lipinski definition) is 17. The van der Waals surface area contributed by atoms with E-state index in [9.17, 15) is 53.2 Å². The summed E-state index contributed by atoms with van der Waals surface area (Å²) in [6.07, 6.45) is -4.47. The molecule has 8 bridgehead atoms. The normalized spacial score (nSPS) is 33.8. The Labute approximate surface area is 539 Å².